The minimum atomic E-state index is -4.80. The fourth-order valence-electron chi connectivity index (χ4n) is 0.969. The van der Waals surface area contributed by atoms with Crippen LogP contribution in [0.5, 0.6) is 5.75 Å². The molecule has 8 heteroatoms. The first-order chi connectivity index (χ1) is 7.75. The molecule has 0 spiro atoms. The van der Waals surface area contributed by atoms with Crippen LogP contribution in [0.2, 0.25) is 0 Å². The number of anilines is 2. The number of hydrogen-bond donors (Lipinski definition) is 3. The number of nitrogens with two attached hydrogens (primary N) is 1. The van der Waals surface area contributed by atoms with Crippen LogP contribution < -0.4 is 11.1 Å². The van der Waals surface area contributed by atoms with E-state index in [1.807, 2.05) is 0 Å². The van der Waals surface area contributed by atoms with Gasteiger partial charge in [0.2, 0.25) is 0 Å². The van der Waals surface area contributed by atoms with Crippen molar-refractivity contribution < 1.29 is 27.5 Å². The van der Waals surface area contributed by atoms with Crippen molar-refractivity contribution in [3.63, 3.8) is 0 Å². The van der Waals surface area contributed by atoms with Crippen LogP contribution in [-0.2, 0) is 4.79 Å². The molecule has 0 unspecified atom stereocenters. The number of hydrogen-bond acceptors (Lipinski definition) is 3. The third kappa shape index (κ3) is 2.77. The Balaban J connectivity index is 2.89. The minimum absolute atomic E-state index is 0.219. The number of nitrogen functional groups attached to an aromatic ring is 1. The largest absolute Gasteiger partial charge is 0.508 e. The number of halogens is 4. The number of aromatic hydroxyl groups is 1. The van der Waals surface area contributed by atoms with Gasteiger partial charge in [-0.15, -0.1) is 0 Å². The number of phenolic OH excluding ortho intramolecular Hbond substituents is 1. The fourth-order valence-corrected chi connectivity index (χ4v) is 0.969. The van der Waals surface area contributed by atoms with Crippen LogP contribution in [0.1, 0.15) is 0 Å². The molecule has 1 rings (SSSR count). The molecule has 1 aromatic rings. The van der Waals surface area contributed by atoms with Crippen molar-refractivity contribution in [2.45, 2.75) is 12.3 Å². The summed E-state index contributed by atoms with van der Waals surface area (Å²) in [5.41, 5.74) is 4.78. The zero-order valence-corrected chi connectivity index (χ0v) is 8.25. The van der Waals surface area contributed by atoms with Gasteiger partial charge in [0.15, 0.2) is 0 Å². The van der Waals surface area contributed by atoms with Gasteiger partial charge in [0.25, 0.3) is 0 Å². The molecule has 1 amide bonds. The quantitative estimate of drug-likeness (QED) is 0.436. The van der Waals surface area contributed by atoms with E-state index in [1.54, 1.807) is 5.32 Å². The molecule has 0 aliphatic rings. The summed E-state index contributed by atoms with van der Waals surface area (Å²) in [7, 11) is 0. The number of nitrogens with one attached hydrogen (secondary N) is 1. The van der Waals surface area contributed by atoms with E-state index < -0.39 is 18.3 Å². The van der Waals surface area contributed by atoms with E-state index in [4.69, 9.17) is 10.8 Å². The molecule has 0 fully saturated rings. The average molecular weight is 252 g/mol. The zero-order chi connectivity index (χ0) is 13.2. The second kappa shape index (κ2) is 4.48. The van der Waals surface area contributed by atoms with Crippen molar-refractivity contribution in [3.8, 4) is 5.75 Å². The van der Waals surface area contributed by atoms with Crippen molar-refractivity contribution in [1.82, 2.24) is 0 Å². The molecule has 4 nitrogen and oxygen atoms in total. The Labute approximate surface area is 93.0 Å². The molecule has 0 bridgehead atoms. The Bertz CT molecular complexity index is 437. The number of carbonyl (C=O) groups is 1. The Kier molecular flexibility index (Phi) is 3.45. The van der Waals surface area contributed by atoms with E-state index in [1.165, 1.54) is 0 Å². The molecule has 0 heterocycles. The van der Waals surface area contributed by atoms with Crippen LogP contribution in [0.25, 0.3) is 0 Å². The second-order valence-electron chi connectivity index (χ2n) is 3.15. The summed E-state index contributed by atoms with van der Waals surface area (Å²) in [5.74, 6) is -7.21. The standard InChI is InChI=1S/C9H8F4N2O2/c10-7(11)9(12,13)8(17)15-6-2-1-4(16)3-5(6)14/h1-3,7,16H,14H2,(H,15,17). The molecule has 94 valence electrons. The molecule has 0 aliphatic carbocycles. The van der Waals surface area contributed by atoms with E-state index in [0.717, 1.165) is 18.2 Å². The number of rotatable bonds is 3. The highest BCUT2D eigenvalue weighted by atomic mass is 19.3. The van der Waals surface area contributed by atoms with Gasteiger partial charge in [0.1, 0.15) is 5.75 Å². The van der Waals surface area contributed by atoms with Crippen molar-refractivity contribution in [3.05, 3.63) is 18.2 Å². The Morgan fingerprint density at radius 1 is 1.41 bits per heavy atom. The first-order valence-electron chi connectivity index (χ1n) is 4.31. The van der Waals surface area contributed by atoms with Crippen molar-refractivity contribution in [2.24, 2.45) is 0 Å². The number of alkyl halides is 4. The monoisotopic (exact) mass is 252 g/mol. The Hall–Kier alpha value is -1.99. The summed E-state index contributed by atoms with van der Waals surface area (Å²) in [6, 6.07) is 3.06. The summed E-state index contributed by atoms with van der Waals surface area (Å²) in [6.45, 7) is 0. The number of phenols is 1. The lowest BCUT2D eigenvalue weighted by molar-refractivity contribution is -0.163. The predicted molar refractivity (Wildman–Crippen MR) is 52.1 cm³/mol. The van der Waals surface area contributed by atoms with Gasteiger partial charge in [-0.3, -0.25) is 4.79 Å². The minimum Gasteiger partial charge on any atom is -0.508 e. The van der Waals surface area contributed by atoms with E-state index >= 15 is 0 Å². The summed E-state index contributed by atoms with van der Waals surface area (Å²) in [4.78, 5) is 10.9. The average Bonchev–Trinajstić information content (AvgIpc) is 2.21. The highest BCUT2D eigenvalue weighted by Gasteiger charge is 2.49. The lowest BCUT2D eigenvalue weighted by atomic mass is 10.2. The van der Waals surface area contributed by atoms with Crippen molar-refractivity contribution in [2.75, 3.05) is 11.1 Å². The SMILES string of the molecule is Nc1cc(O)ccc1NC(=O)C(F)(F)C(F)F. The maximum atomic E-state index is 12.6. The smallest absolute Gasteiger partial charge is 0.383 e. The highest BCUT2D eigenvalue weighted by Crippen LogP contribution is 2.28. The lowest BCUT2D eigenvalue weighted by Crippen LogP contribution is -2.41. The first-order valence-corrected chi connectivity index (χ1v) is 4.31. The summed E-state index contributed by atoms with van der Waals surface area (Å²) in [6.07, 6.45) is -4.11. The Morgan fingerprint density at radius 3 is 2.47 bits per heavy atom. The van der Waals surface area contributed by atoms with Crippen LogP contribution >= 0.6 is 0 Å². The summed E-state index contributed by atoms with van der Waals surface area (Å²) >= 11 is 0. The van der Waals surface area contributed by atoms with Gasteiger partial charge in [-0.1, -0.05) is 0 Å². The molecule has 0 atom stereocenters. The van der Waals surface area contributed by atoms with E-state index in [-0.39, 0.29) is 17.1 Å². The molecule has 0 aliphatic heterocycles. The van der Waals surface area contributed by atoms with Crippen LogP contribution in [0.4, 0.5) is 28.9 Å². The topological polar surface area (TPSA) is 75.3 Å². The fraction of sp³-hybridized carbons (Fsp3) is 0.222. The maximum absolute atomic E-state index is 12.6. The van der Waals surface area contributed by atoms with Crippen molar-refractivity contribution in [1.29, 1.82) is 0 Å². The molecule has 1 aromatic carbocycles. The molecule has 0 saturated carbocycles. The van der Waals surface area contributed by atoms with E-state index in [9.17, 15) is 22.4 Å². The van der Waals surface area contributed by atoms with Gasteiger partial charge < -0.3 is 16.2 Å². The molecule has 17 heavy (non-hydrogen) atoms. The molecule has 0 saturated heterocycles. The third-order valence-electron chi connectivity index (χ3n) is 1.86. The normalized spacial score (nSPS) is 11.6. The first kappa shape index (κ1) is 13.1. The highest BCUT2D eigenvalue weighted by molar-refractivity contribution is 5.98. The van der Waals surface area contributed by atoms with Crippen LogP contribution in [0, 0.1) is 0 Å². The molecule has 0 radical (unpaired) electrons. The van der Waals surface area contributed by atoms with Gasteiger partial charge in [0, 0.05) is 6.07 Å². The summed E-state index contributed by atoms with van der Waals surface area (Å²) in [5, 5.41) is 10.5. The van der Waals surface area contributed by atoms with Crippen molar-refractivity contribution >= 4 is 17.3 Å². The number of amides is 1. The lowest BCUT2D eigenvalue weighted by Gasteiger charge is -2.15. The number of benzene rings is 1. The predicted octanol–water partition coefficient (Wildman–Crippen LogP) is 1.81. The van der Waals surface area contributed by atoms with E-state index in [0.29, 0.717) is 0 Å². The zero-order valence-electron chi connectivity index (χ0n) is 8.25. The van der Waals surface area contributed by atoms with Gasteiger partial charge in [-0.25, -0.2) is 8.78 Å². The van der Waals surface area contributed by atoms with Gasteiger partial charge in [-0.05, 0) is 12.1 Å². The van der Waals surface area contributed by atoms with Gasteiger partial charge >= 0.3 is 18.3 Å². The van der Waals surface area contributed by atoms with Gasteiger partial charge in [-0.2, -0.15) is 8.78 Å². The maximum Gasteiger partial charge on any atom is 0.383 e. The van der Waals surface area contributed by atoms with Crippen LogP contribution in [0.3, 0.4) is 0 Å². The Morgan fingerprint density at radius 2 is 2.00 bits per heavy atom. The molecular formula is C9H8F4N2O2. The molecule has 4 N–H and O–H groups in total. The van der Waals surface area contributed by atoms with E-state index in [2.05, 4.69) is 0 Å². The second-order valence-corrected chi connectivity index (χ2v) is 3.15. The van der Waals surface area contributed by atoms with Crippen LogP contribution in [-0.4, -0.2) is 23.4 Å². The van der Waals surface area contributed by atoms with Gasteiger partial charge in [0.05, 0.1) is 11.4 Å². The number of carbonyl (C=O) groups excluding carboxylic acids is 1. The van der Waals surface area contributed by atoms with Crippen LogP contribution in [0.15, 0.2) is 18.2 Å². The third-order valence-corrected chi connectivity index (χ3v) is 1.86. The molecular weight excluding hydrogens is 244 g/mol. The summed E-state index contributed by atoms with van der Waals surface area (Å²) < 4.78 is 48.9. The molecule has 0 aromatic heterocycles.